The number of rotatable bonds is 10. The van der Waals surface area contributed by atoms with Gasteiger partial charge < -0.3 is 10.1 Å². The highest BCUT2D eigenvalue weighted by atomic mass is 16.5. The maximum absolute atomic E-state index is 12.2. The van der Waals surface area contributed by atoms with Gasteiger partial charge in [-0.05, 0) is 36.6 Å². The van der Waals surface area contributed by atoms with Crippen LogP contribution in [-0.4, -0.2) is 29.7 Å². The Balaban J connectivity index is 2.55. The molecule has 6 nitrogen and oxygen atoms in total. The van der Waals surface area contributed by atoms with Crippen LogP contribution < -0.4 is 15.5 Å². The minimum Gasteiger partial charge on any atom is -0.494 e. The van der Waals surface area contributed by atoms with E-state index in [1.807, 2.05) is 0 Å². The van der Waals surface area contributed by atoms with E-state index in [0.29, 0.717) is 12.2 Å². The third kappa shape index (κ3) is 6.58. The predicted molar refractivity (Wildman–Crippen MR) is 92.1 cm³/mol. The van der Waals surface area contributed by atoms with Gasteiger partial charge in [-0.2, -0.15) is 0 Å². The molecule has 0 aliphatic rings. The van der Waals surface area contributed by atoms with E-state index in [1.165, 1.54) is 12.8 Å². The number of hydrogen-bond acceptors (Lipinski definition) is 4. The third-order valence-corrected chi connectivity index (χ3v) is 3.73. The number of unbranched alkanes of at least 4 members (excludes halogenated alkanes) is 3. The van der Waals surface area contributed by atoms with E-state index in [1.54, 1.807) is 43.6 Å². The van der Waals surface area contributed by atoms with Gasteiger partial charge in [-0.25, -0.2) is 5.48 Å². The number of hydroxylamine groups is 1. The fraction of sp³-hybridized carbons (Fsp3) is 0.556. The Kier molecular flexibility index (Phi) is 8.86. The van der Waals surface area contributed by atoms with E-state index >= 15 is 0 Å². The van der Waals surface area contributed by atoms with Crippen molar-refractivity contribution in [2.24, 2.45) is 5.92 Å². The second-order valence-electron chi connectivity index (χ2n) is 6.10. The molecule has 1 atom stereocenters. The van der Waals surface area contributed by atoms with Gasteiger partial charge in [0.05, 0.1) is 6.61 Å². The van der Waals surface area contributed by atoms with Crippen LogP contribution in [0.2, 0.25) is 0 Å². The molecule has 24 heavy (non-hydrogen) atoms. The largest absolute Gasteiger partial charge is 0.494 e. The van der Waals surface area contributed by atoms with E-state index in [0.717, 1.165) is 18.6 Å². The maximum Gasteiger partial charge on any atom is 0.266 e. The van der Waals surface area contributed by atoms with Gasteiger partial charge in [-0.3, -0.25) is 14.8 Å². The van der Waals surface area contributed by atoms with Crippen molar-refractivity contribution in [2.75, 3.05) is 6.61 Å². The van der Waals surface area contributed by atoms with Crippen molar-refractivity contribution in [2.45, 2.75) is 52.5 Å². The molecule has 1 aromatic carbocycles. The second kappa shape index (κ2) is 10.6. The molecule has 0 radical (unpaired) electrons. The van der Waals surface area contributed by atoms with E-state index in [4.69, 9.17) is 9.94 Å². The molecular weight excluding hydrogens is 308 g/mol. The van der Waals surface area contributed by atoms with Crippen molar-refractivity contribution in [3.63, 3.8) is 0 Å². The lowest BCUT2D eigenvalue weighted by Gasteiger charge is -2.20. The molecule has 134 valence electrons. The molecule has 0 saturated carbocycles. The van der Waals surface area contributed by atoms with Gasteiger partial charge in [0.25, 0.3) is 11.8 Å². The van der Waals surface area contributed by atoms with E-state index < -0.39 is 11.9 Å². The zero-order chi connectivity index (χ0) is 17.9. The molecule has 0 aliphatic carbocycles. The summed E-state index contributed by atoms with van der Waals surface area (Å²) in [6.07, 6.45) is 4.57. The molecule has 6 heteroatoms. The summed E-state index contributed by atoms with van der Waals surface area (Å²) in [7, 11) is 0. The number of hydrogen-bond donors (Lipinski definition) is 3. The average Bonchev–Trinajstić information content (AvgIpc) is 2.58. The van der Waals surface area contributed by atoms with Gasteiger partial charge in [-0.1, -0.05) is 40.0 Å². The molecule has 0 fully saturated rings. The molecule has 3 N–H and O–H groups in total. The fourth-order valence-electron chi connectivity index (χ4n) is 2.25. The van der Waals surface area contributed by atoms with Crippen LogP contribution in [0.3, 0.4) is 0 Å². The third-order valence-electron chi connectivity index (χ3n) is 3.73. The van der Waals surface area contributed by atoms with E-state index in [-0.39, 0.29) is 11.8 Å². The van der Waals surface area contributed by atoms with Crippen molar-refractivity contribution < 1.29 is 19.5 Å². The lowest BCUT2D eigenvalue weighted by Crippen LogP contribution is -2.48. The van der Waals surface area contributed by atoms with Crippen LogP contribution in [0.25, 0.3) is 0 Å². The van der Waals surface area contributed by atoms with Crippen LogP contribution in [0.1, 0.15) is 56.8 Å². The van der Waals surface area contributed by atoms with E-state index in [9.17, 15) is 9.59 Å². The van der Waals surface area contributed by atoms with Crippen molar-refractivity contribution >= 4 is 11.8 Å². The van der Waals surface area contributed by atoms with Crippen LogP contribution in [0.4, 0.5) is 0 Å². The number of amides is 2. The summed E-state index contributed by atoms with van der Waals surface area (Å²) in [5.41, 5.74) is 2.01. The first-order valence-corrected chi connectivity index (χ1v) is 8.47. The van der Waals surface area contributed by atoms with Crippen LogP contribution in [-0.2, 0) is 4.79 Å². The highest BCUT2D eigenvalue weighted by molar-refractivity contribution is 5.97. The van der Waals surface area contributed by atoms with Gasteiger partial charge in [-0.15, -0.1) is 0 Å². The number of carbonyl (C=O) groups is 2. The van der Waals surface area contributed by atoms with Crippen molar-refractivity contribution in [1.82, 2.24) is 10.8 Å². The van der Waals surface area contributed by atoms with Crippen LogP contribution in [0.15, 0.2) is 24.3 Å². The zero-order valence-corrected chi connectivity index (χ0v) is 14.7. The number of nitrogens with one attached hydrogen (secondary N) is 2. The first-order valence-electron chi connectivity index (χ1n) is 8.47. The monoisotopic (exact) mass is 336 g/mol. The van der Waals surface area contributed by atoms with Crippen molar-refractivity contribution in [3.8, 4) is 5.75 Å². The normalized spacial score (nSPS) is 11.9. The summed E-state index contributed by atoms with van der Waals surface area (Å²) >= 11 is 0. The van der Waals surface area contributed by atoms with Crippen molar-refractivity contribution in [3.05, 3.63) is 29.8 Å². The Morgan fingerprint density at radius 1 is 1.12 bits per heavy atom. The molecule has 0 bridgehead atoms. The lowest BCUT2D eigenvalue weighted by molar-refractivity contribution is -0.132. The summed E-state index contributed by atoms with van der Waals surface area (Å²) in [6, 6.07) is 6.00. The molecule has 2 amide bonds. The van der Waals surface area contributed by atoms with Crippen molar-refractivity contribution in [1.29, 1.82) is 0 Å². The van der Waals surface area contributed by atoms with Gasteiger partial charge in [0.2, 0.25) is 0 Å². The summed E-state index contributed by atoms with van der Waals surface area (Å²) in [5.74, 6) is -0.430. The number of carbonyl (C=O) groups excluding carboxylic acids is 2. The highest BCUT2D eigenvalue weighted by Crippen LogP contribution is 2.14. The molecule has 1 rings (SSSR count). The zero-order valence-electron chi connectivity index (χ0n) is 14.7. The van der Waals surface area contributed by atoms with Gasteiger partial charge >= 0.3 is 0 Å². The van der Waals surface area contributed by atoms with Crippen LogP contribution in [0, 0.1) is 5.92 Å². The Morgan fingerprint density at radius 2 is 1.79 bits per heavy atom. The topological polar surface area (TPSA) is 87.7 Å². The number of benzene rings is 1. The van der Waals surface area contributed by atoms with Crippen LogP contribution >= 0.6 is 0 Å². The first-order chi connectivity index (χ1) is 11.5. The first kappa shape index (κ1) is 20.0. The molecular formula is C18H28N2O4. The Morgan fingerprint density at radius 3 is 2.33 bits per heavy atom. The number of ether oxygens (including phenoxy) is 1. The SMILES string of the molecule is CCCCCCOc1ccc(C(=O)N[C@H](C(=O)NO)C(C)C)cc1. The Labute approximate surface area is 143 Å². The summed E-state index contributed by atoms with van der Waals surface area (Å²) < 4.78 is 5.63. The van der Waals surface area contributed by atoms with Gasteiger partial charge in [0, 0.05) is 5.56 Å². The highest BCUT2D eigenvalue weighted by Gasteiger charge is 2.24. The van der Waals surface area contributed by atoms with E-state index in [2.05, 4.69) is 12.2 Å². The predicted octanol–water partition coefficient (Wildman–Crippen LogP) is 2.91. The lowest BCUT2D eigenvalue weighted by atomic mass is 10.0. The average molecular weight is 336 g/mol. The molecule has 1 aromatic rings. The molecule has 0 saturated heterocycles. The Bertz CT molecular complexity index is 514. The molecule has 0 spiro atoms. The molecule has 0 aromatic heterocycles. The van der Waals surface area contributed by atoms with Gasteiger partial charge in [0.1, 0.15) is 11.8 Å². The second-order valence-corrected chi connectivity index (χ2v) is 6.10. The maximum atomic E-state index is 12.2. The quantitative estimate of drug-likeness (QED) is 0.348. The molecule has 0 unspecified atom stereocenters. The minimum atomic E-state index is -0.794. The minimum absolute atomic E-state index is 0.146. The summed E-state index contributed by atoms with van der Waals surface area (Å²) in [4.78, 5) is 23.8. The standard InChI is InChI=1S/C18H28N2O4/c1-4-5-6-7-12-24-15-10-8-14(9-11-15)17(21)19-16(13(2)3)18(22)20-23/h8-11,13,16,23H,4-7,12H2,1-3H3,(H,19,21)(H,20,22)/t16-/m0/s1. The molecule has 0 aliphatic heterocycles. The van der Waals surface area contributed by atoms with Gasteiger partial charge in [0.15, 0.2) is 0 Å². The van der Waals surface area contributed by atoms with Crippen LogP contribution in [0.5, 0.6) is 5.75 Å². The molecule has 0 heterocycles. The fourth-order valence-corrected chi connectivity index (χ4v) is 2.25. The smallest absolute Gasteiger partial charge is 0.266 e. The Hall–Kier alpha value is -2.08. The summed E-state index contributed by atoms with van der Waals surface area (Å²) in [6.45, 7) is 6.40. The summed E-state index contributed by atoms with van der Waals surface area (Å²) in [5, 5.41) is 11.4.